The molecule has 0 saturated carbocycles. The van der Waals surface area contributed by atoms with E-state index in [0.717, 1.165) is 47.9 Å². The van der Waals surface area contributed by atoms with Gasteiger partial charge in [0, 0.05) is 41.5 Å². The van der Waals surface area contributed by atoms with Gasteiger partial charge in [0.05, 0.1) is 12.2 Å². The van der Waals surface area contributed by atoms with Crippen molar-refractivity contribution in [3.63, 3.8) is 0 Å². The minimum Gasteiger partial charge on any atom is -0.369 e. The Balaban J connectivity index is 0.00000261. The number of aryl methyl sites for hydroxylation is 1. The number of nitrogens with one attached hydrogen (secondary N) is 2. The number of pyridine rings is 1. The summed E-state index contributed by atoms with van der Waals surface area (Å²) in [6, 6.07) is 15.0. The fourth-order valence-electron chi connectivity index (χ4n) is 3.13. The molecule has 0 bridgehead atoms. The van der Waals surface area contributed by atoms with Crippen LogP contribution in [0.15, 0.2) is 51.9 Å². The van der Waals surface area contributed by atoms with Crippen molar-refractivity contribution in [2.45, 2.75) is 32.9 Å². The summed E-state index contributed by atoms with van der Waals surface area (Å²) in [4.78, 5) is 11.6. The average Bonchev–Trinajstić information content (AvgIpc) is 3.09. The third-order valence-corrected chi connectivity index (χ3v) is 4.94. The Kier molecular flexibility index (Phi) is 8.82. The molecule has 1 saturated heterocycles. The standard InChI is InChI=1S/C20H26BrN5.HI/c1-3-22-20(23-13-17-6-4-5-15(2)24-17)25-18-11-12-26(14-18)19-9-7-16(21)8-10-19;/h4-10,18H,3,11-14H2,1-2H3,(H2,22,23,25);1H. The minimum atomic E-state index is 0. The van der Waals surface area contributed by atoms with Gasteiger partial charge in [-0.15, -0.1) is 24.0 Å². The Hall–Kier alpha value is -1.35. The Morgan fingerprint density at radius 2 is 2.04 bits per heavy atom. The molecule has 2 aromatic rings. The van der Waals surface area contributed by atoms with E-state index in [2.05, 4.69) is 67.6 Å². The quantitative estimate of drug-likeness (QED) is 0.338. The smallest absolute Gasteiger partial charge is 0.191 e. The molecule has 2 heterocycles. The SMILES string of the molecule is CCNC(=NCc1cccc(C)n1)NC1CCN(c2ccc(Br)cc2)C1.I. The molecule has 1 aliphatic rings. The second-order valence-electron chi connectivity index (χ2n) is 6.52. The maximum absolute atomic E-state index is 4.70. The first-order chi connectivity index (χ1) is 12.6. The number of nitrogens with zero attached hydrogens (tertiary/aromatic N) is 3. The number of aromatic nitrogens is 1. The highest BCUT2D eigenvalue weighted by Crippen LogP contribution is 2.22. The van der Waals surface area contributed by atoms with Crippen LogP contribution in [0.25, 0.3) is 0 Å². The molecule has 3 rings (SSSR count). The summed E-state index contributed by atoms with van der Waals surface area (Å²) in [5, 5.41) is 6.92. The first kappa shape index (κ1) is 21.9. The highest BCUT2D eigenvalue weighted by molar-refractivity contribution is 14.0. The van der Waals surface area contributed by atoms with Crippen molar-refractivity contribution in [1.82, 2.24) is 15.6 Å². The number of halogens is 2. The zero-order valence-corrected chi connectivity index (χ0v) is 19.7. The summed E-state index contributed by atoms with van der Waals surface area (Å²) in [5.74, 6) is 0.860. The first-order valence-corrected chi connectivity index (χ1v) is 9.91. The Morgan fingerprint density at radius 1 is 1.26 bits per heavy atom. The summed E-state index contributed by atoms with van der Waals surface area (Å²) >= 11 is 3.50. The molecule has 1 atom stereocenters. The summed E-state index contributed by atoms with van der Waals surface area (Å²) in [5.41, 5.74) is 3.28. The molecule has 0 radical (unpaired) electrons. The van der Waals surface area contributed by atoms with Crippen molar-refractivity contribution in [3.8, 4) is 0 Å². The van der Waals surface area contributed by atoms with E-state index in [0.29, 0.717) is 12.6 Å². The maximum Gasteiger partial charge on any atom is 0.191 e. The topological polar surface area (TPSA) is 52.6 Å². The monoisotopic (exact) mass is 543 g/mol. The molecular weight excluding hydrogens is 517 g/mol. The highest BCUT2D eigenvalue weighted by atomic mass is 127. The van der Waals surface area contributed by atoms with Crippen LogP contribution in [-0.4, -0.2) is 36.6 Å². The number of benzene rings is 1. The predicted octanol–water partition coefficient (Wildman–Crippen LogP) is 4.10. The number of hydrogen-bond donors (Lipinski definition) is 2. The van der Waals surface area contributed by atoms with Gasteiger partial charge in [0.25, 0.3) is 0 Å². The van der Waals surface area contributed by atoms with E-state index in [1.807, 2.05) is 25.1 Å². The van der Waals surface area contributed by atoms with E-state index < -0.39 is 0 Å². The van der Waals surface area contributed by atoms with Gasteiger partial charge >= 0.3 is 0 Å². The molecule has 0 aliphatic carbocycles. The van der Waals surface area contributed by atoms with Crippen LogP contribution < -0.4 is 15.5 Å². The number of hydrogen-bond acceptors (Lipinski definition) is 3. The molecular formula is C20H27BrIN5. The Labute approximate surface area is 187 Å². The van der Waals surface area contributed by atoms with E-state index in [4.69, 9.17) is 4.99 Å². The lowest BCUT2D eigenvalue weighted by molar-refractivity contribution is 0.648. The van der Waals surface area contributed by atoms with Gasteiger partial charge in [-0.2, -0.15) is 0 Å². The Bertz CT molecular complexity index is 750. The van der Waals surface area contributed by atoms with Crippen LogP contribution in [0.4, 0.5) is 5.69 Å². The second-order valence-corrected chi connectivity index (χ2v) is 7.43. The molecule has 7 heteroatoms. The highest BCUT2D eigenvalue weighted by Gasteiger charge is 2.23. The van der Waals surface area contributed by atoms with Crippen LogP contribution >= 0.6 is 39.9 Å². The molecule has 1 unspecified atom stereocenters. The summed E-state index contributed by atoms with van der Waals surface area (Å²) in [7, 11) is 0. The van der Waals surface area contributed by atoms with Gasteiger partial charge in [-0.25, -0.2) is 4.99 Å². The fourth-order valence-corrected chi connectivity index (χ4v) is 3.39. The first-order valence-electron chi connectivity index (χ1n) is 9.12. The fraction of sp³-hybridized carbons (Fsp3) is 0.400. The molecule has 27 heavy (non-hydrogen) atoms. The van der Waals surface area contributed by atoms with Crippen LogP contribution in [0, 0.1) is 6.92 Å². The predicted molar refractivity (Wildman–Crippen MR) is 127 cm³/mol. The molecule has 2 N–H and O–H groups in total. The minimum absolute atomic E-state index is 0. The number of guanidine groups is 1. The average molecular weight is 544 g/mol. The zero-order chi connectivity index (χ0) is 18.4. The van der Waals surface area contributed by atoms with Gasteiger partial charge in [0.15, 0.2) is 5.96 Å². The van der Waals surface area contributed by atoms with Crippen molar-refractivity contribution >= 4 is 51.6 Å². The van der Waals surface area contributed by atoms with Crippen molar-refractivity contribution < 1.29 is 0 Å². The lowest BCUT2D eigenvalue weighted by atomic mass is 10.2. The molecule has 1 fully saturated rings. The van der Waals surface area contributed by atoms with E-state index in [9.17, 15) is 0 Å². The maximum atomic E-state index is 4.70. The van der Waals surface area contributed by atoms with Crippen molar-refractivity contribution in [3.05, 3.63) is 58.3 Å². The second kappa shape index (κ2) is 10.8. The molecule has 0 spiro atoms. The van der Waals surface area contributed by atoms with Gasteiger partial charge in [0.1, 0.15) is 0 Å². The van der Waals surface area contributed by atoms with Crippen LogP contribution in [0.3, 0.4) is 0 Å². The van der Waals surface area contributed by atoms with Gasteiger partial charge in [0.2, 0.25) is 0 Å². The lowest BCUT2D eigenvalue weighted by Crippen LogP contribution is -2.44. The van der Waals surface area contributed by atoms with Crippen LogP contribution in [0.2, 0.25) is 0 Å². The van der Waals surface area contributed by atoms with E-state index in [1.165, 1.54) is 5.69 Å². The normalized spacial score (nSPS) is 16.8. The van der Waals surface area contributed by atoms with Crippen LogP contribution in [0.5, 0.6) is 0 Å². The molecule has 1 aromatic carbocycles. The molecule has 1 aromatic heterocycles. The van der Waals surface area contributed by atoms with Gasteiger partial charge < -0.3 is 15.5 Å². The molecule has 1 aliphatic heterocycles. The molecule has 0 amide bonds. The van der Waals surface area contributed by atoms with E-state index in [1.54, 1.807) is 0 Å². The van der Waals surface area contributed by atoms with Crippen molar-refractivity contribution in [2.75, 3.05) is 24.5 Å². The van der Waals surface area contributed by atoms with Crippen LogP contribution in [-0.2, 0) is 6.54 Å². The lowest BCUT2D eigenvalue weighted by Gasteiger charge is -2.20. The third-order valence-electron chi connectivity index (χ3n) is 4.41. The van der Waals surface area contributed by atoms with Crippen molar-refractivity contribution in [1.29, 1.82) is 0 Å². The van der Waals surface area contributed by atoms with Crippen LogP contribution in [0.1, 0.15) is 24.7 Å². The van der Waals surface area contributed by atoms with Gasteiger partial charge in [-0.3, -0.25) is 4.98 Å². The third kappa shape index (κ3) is 6.64. The number of anilines is 1. The summed E-state index contributed by atoms with van der Waals surface area (Å²) in [6.07, 6.45) is 1.10. The van der Waals surface area contributed by atoms with Crippen molar-refractivity contribution in [2.24, 2.45) is 4.99 Å². The summed E-state index contributed by atoms with van der Waals surface area (Å²) in [6.45, 7) is 7.56. The molecule has 5 nitrogen and oxygen atoms in total. The zero-order valence-electron chi connectivity index (χ0n) is 15.8. The van der Waals surface area contributed by atoms with Gasteiger partial charge in [-0.05, 0) is 56.7 Å². The molecule has 146 valence electrons. The number of aliphatic imine (C=N–C) groups is 1. The van der Waals surface area contributed by atoms with E-state index in [-0.39, 0.29) is 24.0 Å². The number of rotatable bonds is 5. The summed E-state index contributed by atoms with van der Waals surface area (Å²) < 4.78 is 1.11. The van der Waals surface area contributed by atoms with Gasteiger partial charge in [-0.1, -0.05) is 22.0 Å². The Morgan fingerprint density at radius 3 is 2.74 bits per heavy atom. The largest absolute Gasteiger partial charge is 0.369 e. The van der Waals surface area contributed by atoms with E-state index >= 15 is 0 Å².